The Kier molecular flexibility index (Phi) is 7.31. The van der Waals surface area contributed by atoms with Crippen LogP contribution in [0.5, 0.6) is 0 Å². The van der Waals surface area contributed by atoms with Crippen molar-refractivity contribution in [3.05, 3.63) is 47.5 Å². The van der Waals surface area contributed by atoms with Crippen LogP contribution in [0.3, 0.4) is 0 Å². The van der Waals surface area contributed by atoms with Crippen LogP contribution in [0.25, 0.3) is 11.1 Å². The van der Waals surface area contributed by atoms with Gasteiger partial charge in [-0.2, -0.15) is 0 Å². The molecule has 90 valence electrons. The molecule has 0 atom stereocenters. The van der Waals surface area contributed by atoms with Crippen molar-refractivity contribution in [3.63, 3.8) is 0 Å². The van der Waals surface area contributed by atoms with Crippen molar-refractivity contribution < 1.29 is 65.4 Å². The van der Waals surface area contributed by atoms with Gasteiger partial charge in [0, 0.05) is 65.4 Å². The fourth-order valence-electron chi connectivity index (χ4n) is 2.44. The summed E-state index contributed by atoms with van der Waals surface area (Å²) in [5, 5.41) is 3.07. The molecule has 0 fully saturated rings. The minimum atomic E-state index is 0. The van der Waals surface area contributed by atoms with Crippen molar-refractivity contribution in [2.75, 3.05) is 0 Å². The molecular weight excluding hydrogens is 398 g/mol. The van der Waals surface area contributed by atoms with Gasteiger partial charge in [-0.1, -0.05) is 60.6 Å². The summed E-state index contributed by atoms with van der Waals surface area (Å²) >= 11 is 0. The molecular formula is C16H16SiY2. The van der Waals surface area contributed by atoms with E-state index in [0.717, 1.165) is 22.4 Å². The van der Waals surface area contributed by atoms with Gasteiger partial charge in [0.15, 0.2) is 0 Å². The minimum absolute atomic E-state index is 0. The van der Waals surface area contributed by atoms with Crippen molar-refractivity contribution in [3.8, 4) is 11.1 Å². The molecule has 1 aliphatic rings. The van der Waals surface area contributed by atoms with Crippen molar-refractivity contribution in [1.29, 1.82) is 0 Å². The first-order chi connectivity index (χ1) is 8.31. The monoisotopic (exact) mass is 414 g/mol. The van der Waals surface area contributed by atoms with Crippen LogP contribution >= 0.6 is 0 Å². The first-order valence-corrected chi connectivity index (χ1v) is 7.35. The van der Waals surface area contributed by atoms with Gasteiger partial charge in [0.2, 0.25) is 0 Å². The predicted molar refractivity (Wildman–Crippen MR) is 75.7 cm³/mol. The Morgan fingerprint density at radius 1 is 0.737 bits per heavy atom. The van der Waals surface area contributed by atoms with Gasteiger partial charge < -0.3 is 0 Å². The van der Waals surface area contributed by atoms with Crippen LogP contribution in [0.1, 0.15) is 25.0 Å². The average Bonchev–Trinajstić information content (AvgIpc) is 2.74. The second-order valence-corrected chi connectivity index (χ2v) is 5.92. The Morgan fingerprint density at radius 3 is 1.53 bits per heavy atom. The van der Waals surface area contributed by atoms with E-state index >= 15 is 0 Å². The van der Waals surface area contributed by atoms with Gasteiger partial charge in [0.25, 0.3) is 0 Å². The first-order valence-electron chi connectivity index (χ1n) is 6.35. The van der Waals surface area contributed by atoms with E-state index in [1.165, 1.54) is 32.6 Å². The smallest absolute Gasteiger partial charge is 0.0613 e. The zero-order chi connectivity index (χ0) is 11.8. The van der Waals surface area contributed by atoms with Gasteiger partial charge in [-0.05, 0) is 35.1 Å². The SMILES string of the molecule is CCc1ccc2c(c1)[Si]c1cc(CC)ccc1-2.[Y].[Y]. The van der Waals surface area contributed by atoms with Crippen LogP contribution in [0.2, 0.25) is 0 Å². The third-order valence-electron chi connectivity index (χ3n) is 3.54. The second kappa shape index (κ2) is 7.75. The van der Waals surface area contributed by atoms with E-state index in [9.17, 15) is 0 Å². The summed E-state index contributed by atoms with van der Waals surface area (Å²) in [7, 11) is 0.850. The number of fused-ring (bicyclic) bond motifs is 3. The predicted octanol–water partition coefficient (Wildman–Crippen LogP) is 2.44. The van der Waals surface area contributed by atoms with Crippen molar-refractivity contribution >= 4 is 19.9 Å². The summed E-state index contributed by atoms with van der Waals surface area (Å²) in [6, 6.07) is 13.9. The van der Waals surface area contributed by atoms with Crippen LogP contribution in [0.4, 0.5) is 0 Å². The van der Waals surface area contributed by atoms with E-state index in [1.807, 2.05) is 0 Å². The van der Waals surface area contributed by atoms with Gasteiger partial charge in [-0.15, -0.1) is 0 Å². The third-order valence-corrected chi connectivity index (χ3v) is 4.91. The molecule has 0 bridgehead atoms. The molecule has 2 aromatic carbocycles. The van der Waals surface area contributed by atoms with Crippen molar-refractivity contribution in [1.82, 2.24) is 0 Å². The topological polar surface area (TPSA) is 0 Å². The molecule has 0 saturated carbocycles. The molecule has 0 saturated heterocycles. The molecule has 0 amide bonds. The molecule has 1 aliphatic heterocycles. The molecule has 19 heavy (non-hydrogen) atoms. The molecule has 0 unspecified atom stereocenters. The Morgan fingerprint density at radius 2 is 1.16 bits per heavy atom. The van der Waals surface area contributed by atoms with Gasteiger partial charge >= 0.3 is 0 Å². The van der Waals surface area contributed by atoms with Gasteiger partial charge in [0.1, 0.15) is 9.52 Å². The normalized spacial score (nSPS) is 11.1. The van der Waals surface area contributed by atoms with E-state index < -0.39 is 0 Å². The maximum absolute atomic E-state index is 2.39. The molecule has 0 nitrogen and oxygen atoms in total. The molecule has 3 heteroatoms. The Hall–Kier alpha value is 0.865. The van der Waals surface area contributed by atoms with Crippen LogP contribution < -0.4 is 10.4 Å². The summed E-state index contributed by atoms with van der Waals surface area (Å²) in [4.78, 5) is 0. The zero-order valence-electron chi connectivity index (χ0n) is 11.5. The summed E-state index contributed by atoms with van der Waals surface area (Å²) in [5.41, 5.74) is 5.83. The third kappa shape index (κ3) is 3.55. The molecule has 0 aliphatic carbocycles. The second-order valence-electron chi connectivity index (χ2n) is 4.59. The molecule has 2 aromatic rings. The number of rotatable bonds is 2. The number of hydrogen-bond donors (Lipinski definition) is 0. The van der Waals surface area contributed by atoms with E-state index in [4.69, 9.17) is 0 Å². The van der Waals surface area contributed by atoms with Gasteiger partial charge in [-0.25, -0.2) is 0 Å². The fraction of sp³-hybridized carbons (Fsp3) is 0.250. The fourth-order valence-corrected chi connectivity index (χ4v) is 3.95. The Labute approximate surface area is 168 Å². The number of benzene rings is 2. The maximum atomic E-state index is 2.39. The van der Waals surface area contributed by atoms with Crippen LogP contribution in [0.15, 0.2) is 36.4 Å². The molecule has 3 rings (SSSR count). The van der Waals surface area contributed by atoms with Gasteiger partial charge in [-0.3, -0.25) is 0 Å². The summed E-state index contributed by atoms with van der Waals surface area (Å²) in [6.45, 7) is 4.45. The number of hydrogen-bond acceptors (Lipinski definition) is 0. The van der Waals surface area contributed by atoms with E-state index in [1.54, 1.807) is 0 Å². The van der Waals surface area contributed by atoms with Crippen molar-refractivity contribution in [2.45, 2.75) is 26.7 Å². The molecule has 1 heterocycles. The van der Waals surface area contributed by atoms with E-state index in [2.05, 4.69) is 50.2 Å². The molecule has 0 aromatic heterocycles. The minimum Gasteiger partial charge on any atom is -0.0613 e. The summed E-state index contributed by atoms with van der Waals surface area (Å²) < 4.78 is 0. The zero-order valence-corrected chi connectivity index (χ0v) is 18.2. The quantitative estimate of drug-likeness (QED) is 0.566. The maximum Gasteiger partial charge on any atom is 0.123 e. The van der Waals surface area contributed by atoms with Crippen LogP contribution in [0, 0.1) is 0 Å². The van der Waals surface area contributed by atoms with E-state index in [0.29, 0.717) is 0 Å². The molecule has 0 N–H and O–H groups in total. The molecule has 4 radical (unpaired) electrons. The number of aryl methyl sites for hydroxylation is 2. The van der Waals surface area contributed by atoms with E-state index in [-0.39, 0.29) is 65.4 Å². The largest absolute Gasteiger partial charge is 0.123 e. The van der Waals surface area contributed by atoms with Crippen LogP contribution in [-0.4, -0.2) is 9.52 Å². The average molecular weight is 414 g/mol. The van der Waals surface area contributed by atoms with Gasteiger partial charge in [0.05, 0.1) is 0 Å². The van der Waals surface area contributed by atoms with Crippen molar-refractivity contribution in [2.24, 2.45) is 0 Å². The molecule has 0 spiro atoms. The standard InChI is InChI=1S/C16H16Si.2Y/c1-3-11-5-7-13-14-8-6-12(4-2)10-16(14)17-15(13)9-11;;/h5-10H,3-4H2,1-2H3;;. The van der Waals surface area contributed by atoms with Crippen LogP contribution in [-0.2, 0) is 78.3 Å². The summed E-state index contributed by atoms with van der Waals surface area (Å²) in [5.74, 6) is 0. The Balaban J connectivity index is 0.000000902. The first kappa shape index (κ1) is 17.9. The summed E-state index contributed by atoms with van der Waals surface area (Å²) in [6.07, 6.45) is 2.27. The Bertz CT molecular complexity index is 527.